The fraction of sp³-hybridized carbons (Fsp3) is 0.571. The van der Waals surface area contributed by atoms with Crippen molar-refractivity contribution in [2.75, 3.05) is 40.0 Å². The molecule has 1 aliphatic heterocycles. The molecule has 1 saturated heterocycles. The van der Waals surface area contributed by atoms with E-state index in [0.29, 0.717) is 29.4 Å². The van der Waals surface area contributed by atoms with Gasteiger partial charge in [-0.05, 0) is 50.5 Å². The van der Waals surface area contributed by atoms with Gasteiger partial charge < -0.3 is 24.2 Å². The lowest BCUT2D eigenvalue weighted by molar-refractivity contribution is 0.00989. The second-order valence-electron chi connectivity index (χ2n) is 7.09. The first-order valence-electron chi connectivity index (χ1n) is 10.4. The van der Waals surface area contributed by atoms with Crippen molar-refractivity contribution in [1.29, 1.82) is 0 Å². The molecule has 0 radical (unpaired) electrons. The molecule has 0 saturated carbocycles. The Bertz CT molecular complexity index is 795. The van der Waals surface area contributed by atoms with Crippen LogP contribution < -0.4 is 5.32 Å². The summed E-state index contributed by atoms with van der Waals surface area (Å²) in [6.45, 7) is 6.49. The third-order valence-electron chi connectivity index (χ3n) is 4.86. The maximum atomic E-state index is 5.95. The molecule has 0 atom stereocenters. The molecule has 1 N–H and O–H groups in total. The number of likely N-dealkylation sites (tertiary alicyclic amines) is 1. The minimum Gasteiger partial charge on any atom is -0.385 e. The second-order valence-corrected chi connectivity index (χ2v) is 7.53. The zero-order valence-corrected chi connectivity index (χ0v) is 21.1. The third-order valence-corrected chi connectivity index (χ3v) is 5.11. The molecule has 3 rings (SSSR count). The van der Waals surface area contributed by atoms with Crippen molar-refractivity contribution in [2.45, 2.75) is 38.8 Å². The molecule has 0 aliphatic carbocycles. The van der Waals surface area contributed by atoms with E-state index in [0.717, 1.165) is 63.6 Å². The number of guanidine groups is 1. The summed E-state index contributed by atoms with van der Waals surface area (Å²) in [5, 5.41) is 8.08. The number of aliphatic imine (C=N–C) groups is 1. The SMILES string of the molecule is CCNC(=NCc1nc(-c2ccc(Cl)cc2)no1)N1CCC(OCCCOC)CC1.I. The Labute approximate surface area is 205 Å². The van der Waals surface area contributed by atoms with E-state index < -0.39 is 0 Å². The predicted molar refractivity (Wildman–Crippen MR) is 132 cm³/mol. The predicted octanol–water partition coefficient (Wildman–Crippen LogP) is 3.99. The molecule has 2 heterocycles. The largest absolute Gasteiger partial charge is 0.385 e. The van der Waals surface area contributed by atoms with Gasteiger partial charge in [0.1, 0.15) is 6.54 Å². The van der Waals surface area contributed by atoms with Gasteiger partial charge in [-0.2, -0.15) is 4.98 Å². The Morgan fingerprint density at radius 2 is 2.00 bits per heavy atom. The van der Waals surface area contributed by atoms with E-state index in [4.69, 9.17) is 30.6 Å². The average Bonchev–Trinajstić information content (AvgIpc) is 3.24. The number of hydrogen-bond donors (Lipinski definition) is 1. The van der Waals surface area contributed by atoms with Gasteiger partial charge in [0.25, 0.3) is 0 Å². The van der Waals surface area contributed by atoms with Crippen molar-refractivity contribution in [2.24, 2.45) is 4.99 Å². The summed E-state index contributed by atoms with van der Waals surface area (Å²) >= 11 is 5.93. The Morgan fingerprint density at radius 1 is 1.26 bits per heavy atom. The number of nitrogens with zero attached hydrogens (tertiary/aromatic N) is 4. The fourth-order valence-corrected chi connectivity index (χ4v) is 3.42. The molecule has 1 aliphatic rings. The zero-order chi connectivity index (χ0) is 21.2. The monoisotopic (exact) mass is 563 g/mol. The highest BCUT2D eigenvalue weighted by Crippen LogP contribution is 2.19. The molecule has 1 aromatic carbocycles. The first-order chi connectivity index (χ1) is 14.7. The molecule has 0 amide bonds. The van der Waals surface area contributed by atoms with Gasteiger partial charge >= 0.3 is 0 Å². The number of halogens is 2. The standard InChI is InChI=1S/C21H30ClN5O3.HI/c1-3-23-21(27-11-9-18(10-12-27)29-14-4-13-28-2)24-15-19-25-20(26-30-19)16-5-7-17(22)8-6-16;/h5-8,18H,3-4,9-15H2,1-2H3,(H,23,24);1H. The molecule has 1 aromatic heterocycles. The molecule has 2 aromatic rings. The summed E-state index contributed by atoms with van der Waals surface area (Å²) in [6.07, 6.45) is 3.21. The molecule has 0 spiro atoms. The van der Waals surface area contributed by atoms with Crippen LogP contribution in [-0.4, -0.2) is 67.1 Å². The van der Waals surface area contributed by atoms with Crippen molar-refractivity contribution in [3.63, 3.8) is 0 Å². The maximum Gasteiger partial charge on any atom is 0.248 e. The summed E-state index contributed by atoms with van der Waals surface area (Å²) in [6, 6.07) is 7.34. The van der Waals surface area contributed by atoms with Crippen molar-refractivity contribution in [3.05, 3.63) is 35.2 Å². The molecule has 10 heteroatoms. The number of methoxy groups -OCH3 is 1. The van der Waals surface area contributed by atoms with Gasteiger partial charge in [0.05, 0.1) is 6.10 Å². The number of piperidine rings is 1. The van der Waals surface area contributed by atoms with Gasteiger partial charge in [0, 0.05) is 50.5 Å². The summed E-state index contributed by atoms with van der Waals surface area (Å²) < 4.78 is 16.4. The van der Waals surface area contributed by atoms with Gasteiger partial charge in [-0.1, -0.05) is 16.8 Å². The van der Waals surface area contributed by atoms with Crippen LogP contribution in [0, 0.1) is 0 Å². The van der Waals surface area contributed by atoms with Crippen LogP contribution in [0.1, 0.15) is 32.1 Å². The zero-order valence-electron chi connectivity index (χ0n) is 18.1. The maximum absolute atomic E-state index is 5.95. The number of rotatable bonds is 9. The number of hydrogen-bond acceptors (Lipinski definition) is 6. The van der Waals surface area contributed by atoms with Gasteiger partial charge in [-0.15, -0.1) is 24.0 Å². The lowest BCUT2D eigenvalue weighted by atomic mass is 10.1. The van der Waals surface area contributed by atoms with E-state index in [-0.39, 0.29) is 24.0 Å². The van der Waals surface area contributed by atoms with E-state index in [1.807, 2.05) is 12.1 Å². The molecular formula is C21H31ClIN5O3. The Hall–Kier alpha value is -1.43. The van der Waals surface area contributed by atoms with E-state index in [9.17, 15) is 0 Å². The molecule has 0 bridgehead atoms. The lowest BCUT2D eigenvalue weighted by Gasteiger charge is -2.34. The van der Waals surface area contributed by atoms with E-state index in [1.54, 1.807) is 19.2 Å². The molecule has 8 nitrogen and oxygen atoms in total. The quantitative estimate of drug-likeness (QED) is 0.214. The highest BCUT2D eigenvalue weighted by molar-refractivity contribution is 14.0. The van der Waals surface area contributed by atoms with E-state index in [1.165, 1.54) is 0 Å². The van der Waals surface area contributed by atoms with Gasteiger partial charge in [0.2, 0.25) is 11.7 Å². The minimum absolute atomic E-state index is 0. The Kier molecular flexibility index (Phi) is 11.6. The van der Waals surface area contributed by atoms with Gasteiger partial charge in [-0.25, -0.2) is 4.99 Å². The number of aromatic nitrogens is 2. The van der Waals surface area contributed by atoms with Crippen LogP contribution in [0.3, 0.4) is 0 Å². The summed E-state index contributed by atoms with van der Waals surface area (Å²) in [5.41, 5.74) is 0.859. The smallest absolute Gasteiger partial charge is 0.248 e. The molecule has 0 unspecified atom stereocenters. The second kappa shape index (κ2) is 13.9. The normalized spacial score (nSPS) is 15.1. The van der Waals surface area contributed by atoms with Crippen molar-refractivity contribution in [1.82, 2.24) is 20.4 Å². The highest BCUT2D eigenvalue weighted by Gasteiger charge is 2.22. The number of ether oxygens (including phenoxy) is 2. The summed E-state index contributed by atoms with van der Waals surface area (Å²) in [5.74, 6) is 1.88. The van der Waals surface area contributed by atoms with Crippen LogP contribution in [-0.2, 0) is 16.0 Å². The Morgan fingerprint density at radius 3 is 2.68 bits per heavy atom. The van der Waals surface area contributed by atoms with Crippen LogP contribution in [0.15, 0.2) is 33.8 Å². The number of benzene rings is 1. The molecule has 172 valence electrons. The van der Waals surface area contributed by atoms with Crippen LogP contribution in [0.2, 0.25) is 5.02 Å². The van der Waals surface area contributed by atoms with Gasteiger partial charge in [-0.3, -0.25) is 0 Å². The summed E-state index contributed by atoms with van der Waals surface area (Å²) in [4.78, 5) is 11.4. The molecule has 1 fully saturated rings. The van der Waals surface area contributed by atoms with Crippen LogP contribution in [0.4, 0.5) is 0 Å². The molecule has 31 heavy (non-hydrogen) atoms. The van der Waals surface area contributed by atoms with Crippen LogP contribution in [0.25, 0.3) is 11.4 Å². The molecular weight excluding hydrogens is 533 g/mol. The van der Waals surface area contributed by atoms with E-state index >= 15 is 0 Å². The van der Waals surface area contributed by atoms with Crippen LogP contribution >= 0.6 is 35.6 Å². The summed E-state index contributed by atoms with van der Waals surface area (Å²) in [7, 11) is 1.72. The van der Waals surface area contributed by atoms with Crippen molar-refractivity contribution >= 4 is 41.5 Å². The first-order valence-corrected chi connectivity index (χ1v) is 10.8. The van der Waals surface area contributed by atoms with Crippen LogP contribution in [0.5, 0.6) is 0 Å². The number of nitrogens with one attached hydrogen (secondary N) is 1. The minimum atomic E-state index is 0. The third kappa shape index (κ3) is 8.21. The highest BCUT2D eigenvalue weighted by atomic mass is 127. The fourth-order valence-electron chi connectivity index (χ4n) is 3.29. The lowest BCUT2D eigenvalue weighted by Crippen LogP contribution is -2.47. The van der Waals surface area contributed by atoms with Crippen molar-refractivity contribution < 1.29 is 14.0 Å². The Balaban J connectivity index is 0.00000341. The first kappa shape index (κ1) is 25.8. The van der Waals surface area contributed by atoms with Gasteiger partial charge in [0.15, 0.2) is 5.96 Å². The topological polar surface area (TPSA) is 85.0 Å². The average molecular weight is 564 g/mol. The van der Waals surface area contributed by atoms with E-state index in [2.05, 4.69) is 27.3 Å². The van der Waals surface area contributed by atoms with Crippen molar-refractivity contribution in [3.8, 4) is 11.4 Å².